The van der Waals surface area contributed by atoms with Gasteiger partial charge in [-0.2, -0.15) is 0 Å². The van der Waals surface area contributed by atoms with Gasteiger partial charge in [0.25, 0.3) is 0 Å². The van der Waals surface area contributed by atoms with Crippen LogP contribution in [0.4, 0.5) is 0 Å². The first kappa shape index (κ1) is 58.1. The van der Waals surface area contributed by atoms with Crippen molar-refractivity contribution in [3.63, 3.8) is 0 Å². The summed E-state index contributed by atoms with van der Waals surface area (Å²) < 4.78 is 5.55. The number of piperidine rings is 1. The van der Waals surface area contributed by atoms with Crippen LogP contribution in [0.5, 0.6) is 0 Å². The smallest absolute Gasteiger partial charge is 0.0595 e. The summed E-state index contributed by atoms with van der Waals surface area (Å²) in [6.45, 7) is 5.58. The van der Waals surface area contributed by atoms with Crippen molar-refractivity contribution in [2.24, 2.45) is 5.92 Å². The molecule has 1 aliphatic heterocycles. The fourth-order valence-electron chi connectivity index (χ4n) is 2.48. The van der Waals surface area contributed by atoms with Gasteiger partial charge in [0.1, 0.15) is 0 Å². The van der Waals surface area contributed by atoms with E-state index in [2.05, 4.69) is 18.9 Å². The minimum Gasteiger partial charge on any atom is -0.410 e. The predicted octanol–water partition coefficient (Wildman–Crippen LogP) is 0.905. The maximum absolute atomic E-state index is 5.55. The van der Waals surface area contributed by atoms with Crippen LogP contribution in [0.3, 0.4) is 0 Å². The summed E-state index contributed by atoms with van der Waals surface area (Å²) in [5, 5.41) is 0. The molecule has 21 heavy (non-hydrogen) atoms. The maximum Gasteiger partial charge on any atom is 0.0595 e. The summed E-state index contributed by atoms with van der Waals surface area (Å²) in [6, 6.07) is 0.802. The van der Waals surface area contributed by atoms with Gasteiger partial charge in [0.2, 0.25) is 0 Å². The van der Waals surface area contributed by atoms with E-state index in [9.17, 15) is 0 Å². The van der Waals surface area contributed by atoms with Crippen molar-refractivity contribution in [1.82, 2.24) is 4.90 Å². The molecule has 0 N–H and O–H groups in total. The largest absolute Gasteiger partial charge is 0.410 e. The van der Waals surface area contributed by atoms with Crippen LogP contribution in [0, 0.1) is 12.8 Å². The Morgan fingerprint density at radius 3 is 1.52 bits per heavy atom. The van der Waals surface area contributed by atoms with Gasteiger partial charge in [-0.3, -0.25) is 0 Å². The number of rotatable bonds is 2. The van der Waals surface area contributed by atoms with Gasteiger partial charge in [-0.25, -0.2) is 0 Å². The van der Waals surface area contributed by atoms with Crippen LogP contribution < -0.4 is 0 Å². The molecule has 94 valence electrons. The van der Waals surface area contributed by atoms with Crippen LogP contribution in [0.1, 0.15) is 12.8 Å². The molecule has 12 heteroatoms. The van der Waals surface area contributed by atoms with Gasteiger partial charge in [0, 0.05) is 340 Å². The number of likely N-dealkylation sites (tertiary alicyclic amines) is 1. The van der Waals surface area contributed by atoms with E-state index in [1.165, 1.54) is 19.4 Å². The molecule has 3 atom stereocenters. The van der Waals surface area contributed by atoms with Gasteiger partial charge in [-0.15, -0.1) is 0 Å². The predicted molar refractivity (Wildman–Crippen MR) is 44.2 cm³/mol. The van der Waals surface area contributed by atoms with Crippen LogP contribution in [0.25, 0.3) is 0 Å². The van der Waals surface area contributed by atoms with Crippen molar-refractivity contribution in [2.75, 3.05) is 20.2 Å². The fraction of sp³-hybridized carbons (Fsp3) is 0.889. The van der Waals surface area contributed by atoms with E-state index in [0.29, 0.717) is 12.7 Å². The Labute approximate surface area is 382 Å². The molecular formula is C9H16NOY10-. The van der Waals surface area contributed by atoms with E-state index < -0.39 is 0 Å². The number of hydrogen-bond acceptors (Lipinski definition) is 2. The maximum atomic E-state index is 5.55. The minimum atomic E-state index is 0. The second-order valence-corrected chi connectivity index (χ2v) is 3.73. The molecular weight excluding hydrogens is 1030 g/mol. The Hall–Kier alpha value is 11.0. The molecule has 2 nitrogen and oxygen atoms in total. The Kier molecular flexibility index (Phi) is 98.4. The fourth-order valence-corrected chi connectivity index (χ4v) is 2.48. The summed E-state index contributed by atoms with van der Waals surface area (Å²) in [6.07, 6.45) is 3.10. The summed E-state index contributed by atoms with van der Waals surface area (Å²) in [7, 11) is 2.21. The number of nitrogens with zero attached hydrogens (tertiary/aromatic N) is 1. The first-order chi connectivity index (χ1) is 5.31. The first-order valence-electron chi connectivity index (χ1n) is 4.42. The molecule has 1 heterocycles. The van der Waals surface area contributed by atoms with Crippen LogP contribution >= 0.6 is 0 Å². The molecule has 1 aliphatic carbocycles. The third kappa shape index (κ3) is 22.5. The van der Waals surface area contributed by atoms with Crippen molar-refractivity contribution in [3.8, 4) is 0 Å². The molecule has 10 radical (unpaired) electrons. The Balaban J connectivity index is -0.0000000206. The topological polar surface area (TPSA) is 12.5 Å². The molecule has 0 aromatic carbocycles. The third-order valence-electron chi connectivity index (χ3n) is 3.08. The van der Waals surface area contributed by atoms with E-state index in [4.69, 9.17) is 4.74 Å². The normalized spacial score (nSPS) is 22.9. The van der Waals surface area contributed by atoms with Crippen LogP contribution in [-0.4, -0.2) is 37.2 Å². The van der Waals surface area contributed by atoms with Gasteiger partial charge in [0.05, 0.1) is 6.10 Å². The van der Waals surface area contributed by atoms with Crippen LogP contribution in [-0.2, 0) is 332 Å². The molecule has 0 amide bonds. The average Bonchev–Trinajstić information content (AvgIpc) is 2.47. The van der Waals surface area contributed by atoms with Crippen molar-refractivity contribution < 1.29 is 332 Å². The molecule has 2 fully saturated rings. The molecule has 2 rings (SSSR count). The molecule has 3 unspecified atom stereocenters. The molecule has 1 saturated carbocycles. The van der Waals surface area contributed by atoms with E-state index >= 15 is 0 Å². The van der Waals surface area contributed by atoms with Gasteiger partial charge in [-0.1, -0.05) is 6.61 Å². The minimum absolute atomic E-state index is 0. The molecule has 1 saturated heterocycles. The Morgan fingerprint density at radius 1 is 0.857 bits per heavy atom. The third-order valence-corrected chi connectivity index (χ3v) is 3.08. The second-order valence-electron chi connectivity index (χ2n) is 3.73. The summed E-state index contributed by atoms with van der Waals surface area (Å²) in [4.78, 5) is 2.45. The quantitative estimate of drug-likeness (QED) is 0.382. The summed E-state index contributed by atoms with van der Waals surface area (Å²) in [5.41, 5.74) is 0. The second kappa shape index (κ2) is 35.5. The van der Waals surface area contributed by atoms with E-state index in [1.54, 1.807) is 0 Å². The van der Waals surface area contributed by atoms with Gasteiger partial charge >= 0.3 is 0 Å². The monoisotopic (exact) mass is 1040 g/mol. The molecule has 0 spiro atoms. The Bertz CT molecular complexity index is 167. The van der Waals surface area contributed by atoms with E-state index in [1.807, 2.05) is 0 Å². The number of ether oxygens (including phenoxy) is 1. The van der Waals surface area contributed by atoms with Crippen molar-refractivity contribution in [3.05, 3.63) is 6.92 Å². The molecule has 2 aliphatic rings. The SMILES string of the molecule is [CH2-]COC1CC2CC1CN2C.[Y].[Y].[Y].[Y].[Y].[Y].[Y].[Y].[Y].[Y]. The molecule has 0 aromatic rings. The molecule has 2 bridgehead atoms. The van der Waals surface area contributed by atoms with Crippen LogP contribution in [0.15, 0.2) is 0 Å². The van der Waals surface area contributed by atoms with E-state index in [-0.39, 0.29) is 327 Å². The standard InChI is InChI=1S/C9H16NO.10Y/c1-3-11-9-5-8-4-7(9)6-10(8)2;;;;;;;;;;/h7-9H,1,3-6H2,2H3;;;;;;;;;;/q-1;;;;;;;;;;. The van der Waals surface area contributed by atoms with Gasteiger partial charge < -0.3 is 16.6 Å². The summed E-state index contributed by atoms with van der Waals surface area (Å²) >= 11 is 0. The number of hydrogen-bond donors (Lipinski definition) is 0. The zero-order chi connectivity index (χ0) is 7.84. The van der Waals surface area contributed by atoms with Crippen LogP contribution in [0.2, 0.25) is 0 Å². The average molecular weight is 1040 g/mol. The number of fused-ring (bicyclic) bond motifs is 2. The molecule has 0 aromatic heterocycles. The van der Waals surface area contributed by atoms with Gasteiger partial charge in [0.15, 0.2) is 0 Å². The first-order valence-corrected chi connectivity index (χ1v) is 4.42. The summed E-state index contributed by atoms with van der Waals surface area (Å²) in [5.74, 6) is 0.798. The van der Waals surface area contributed by atoms with Gasteiger partial charge in [-0.05, 0) is 25.8 Å². The van der Waals surface area contributed by atoms with E-state index in [0.717, 1.165) is 12.0 Å². The van der Waals surface area contributed by atoms with Crippen molar-refractivity contribution >= 4 is 0 Å². The zero-order valence-electron chi connectivity index (χ0n) is 12.9. The van der Waals surface area contributed by atoms with Crippen molar-refractivity contribution in [2.45, 2.75) is 25.0 Å². The Morgan fingerprint density at radius 2 is 1.29 bits per heavy atom. The zero-order valence-corrected chi connectivity index (χ0v) is 41.3. The van der Waals surface area contributed by atoms with Crippen molar-refractivity contribution in [1.29, 1.82) is 0 Å².